The Morgan fingerprint density at radius 1 is 1.44 bits per heavy atom. The van der Waals surface area contributed by atoms with Crippen molar-refractivity contribution < 1.29 is 28.1 Å². The van der Waals surface area contributed by atoms with Crippen molar-refractivity contribution in [1.82, 2.24) is 0 Å². The average Bonchev–Trinajstić information content (AvgIpc) is 2.87. The number of ether oxygens (including phenoxy) is 1. The van der Waals surface area contributed by atoms with E-state index in [2.05, 4.69) is 13.5 Å². The predicted molar refractivity (Wildman–Crippen MR) is 101 cm³/mol. The minimum absolute atomic E-state index is 0. The van der Waals surface area contributed by atoms with E-state index in [1.165, 1.54) is 0 Å². The first-order valence-corrected chi connectivity index (χ1v) is 8.80. The molecule has 142 valence electrons. The van der Waals surface area contributed by atoms with Crippen LogP contribution < -0.4 is 4.74 Å². The Kier molecular flexibility index (Phi) is 5.47. The number of benzene rings is 1. The molecule has 1 aromatic rings. The molecule has 2 unspecified atom stereocenters. The number of aryl methyl sites for hydroxylation is 1. The van der Waals surface area contributed by atoms with Crippen LogP contribution in [-0.4, -0.2) is 27.8 Å². The molecule has 0 bridgehead atoms. The second-order valence-electron chi connectivity index (χ2n) is 7.34. The third-order valence-corrected chi connectivity index (χ3v) is 5.63. The number of carboxylic acids is 1. The molecular formula is C20H32O5. The molecule has 1 saturated carbocycles. The topological polar surface area (TPSA) is 98.3 Å². The number of carboxylic acid groups (broad SMARTS) is 1. The van der Waals surface area contributed by atoms with Crippen molar-refractivity contribution in [1.29, 1.82) is 0 Å². The molecule has 4 atom stereocenters. The minimum Gasteiger partial charge on any atom is -0.507 e. The summed E-state index contributed by atoms with van der Waals surface area (Å²) in [4.78, 5) is 11.7. The number of carbonyl (C=O) groups is 1. The molecule has 0 saturated heterocycles. The van der Waals surface area contributed by atoms with E-state index in [1.807, 2.05) is 19.9 Å². The Labute approximate surface area is 151 Å². The molecule has 5 nitrogen and oxygen atoms in total. The van der Waals surface area contributed by atoms with Gasteiger partial charge in [0.1, 0.15) is 23.2 Å². The summed E-state index contributed by atoms with van der Waals surface area (Å²) in [7, 11) is 0. The predicted octanol–water partition coefficient (Wildman–Crippen LogP) is 4.18. The Morgan fingerprint density at radius 3 is 2.68 bits per heavy atom. The fourth-order valence-electron chi connectivity index (χ4n) is 4.46. The summed E-state index contributed by atoms with van der Waals surface area (Å²) in [5.74, 6) is 0.0810. The number of aromatic carboxylic acids is 1. The highest BCUT2D eigenvalue weighted by Crippen LogP contribution is 2.56. The SMILES string of the molecule is C=C(C)[C@@H]1CC[C@@H](C)C2Oc3cc(CCC)c(C(=O)O)c(O)c3C21.O.[HH].[HH]. The number of phenols is 1. The van der Waals surface area contributed by atoms with Crippen LogP contribution in [0.4, 0.5) is 0 Å². The smallest absolute Gasteiger partial charge is 0.339 e. The van der Waals surface area contributed by atoms with Gasteiger partial charge in [0.25, 0.3) is 0 Å². The number of hydrogen-bond acceptors (Lipinski definition) is 3. The fraction of sp³-hybridized carbons (Fsp3) is 0.550. The molecule has 2 aliphatic rings. The van der Waals surface area contributed by atoms with E-state index in [-0.39, 0.29) is 37.6 Å². The molecule has 4 N–H and O–H groups in total. The maximum Gasteiger partial charge on any atom is 0.339 e. The molecule has 1 fully saturated rings. The van der Waals surface area contributed by atoms with E-state index in [9.17, 15) is 15.0 Å². The van der Waals surface area contributed by atoms with E-state index in [1.54, 1.807) is 0 Å². The highest BCUT2D eigenvalue weighted by Gasteiger charge is 2.48. The van der Waals surface area contributed by atoms with E-state index >= 15 is 0 Å². The normalized spacial score (nSPS) is 26.8. The van der Waals surface area contributed by atoms with Gasteiger partial charge in [0, 0.05) is 14.3 Å². The number of hydrogen-bond donors (Lipinski definition) is 2. The maximum atomic E-state index is 11.7. The molecular weight excluding hydrogens is 320 g/mol. The van der Waals surface area contributed by atoms with Crippen LogP contribution in [0, 0.1) is 11.8 Å². The first-order valence-electron chi connectivity index (χ1n) is 8.80. The first kappa shape index (κ1) is 19.3. The van der Waals surface area contributed by atoms with Crippen molar-refractivity contribution in [2.45, 2.75) is 58.5 Å². The lowest BCUT2D eigenvalue weighted by Crippen LogP contribution is -2.36. The molecule has 0 spiro atoms. The number of allylic oxidation sites excluding steroid dienone is 1. The molecule has 5 heteroatoms. The van der Waals surface area contributed by atoms with Crippen molar-refractivity contribution >= 4 is 5.97 Å². The molecule has 0 radical (unpaired) electrons. The molecule has 1 aromatic carbocycles. The number of fused-ring (bicyclic) bond motifs is 3. The third kappa shape index (κ3) is 3.01. The maximum absolute atomic E-state index is 11.7. The van der Waals surface area contributed by atoms with Gasteiger partial charge in [-0.25, -0.2) is 4.79 Å². The zero-order valence-corrected chi connectivity index (χ0v) is 15.1. The monoisotopic (exact) mass is 352 g/mol. The van der Waals surface area contributed by atoms with Crippen LogP contribution in [0.1, 0.15) is 70.3 Å². The quantitative estimate of drug-likeness (QED) is 0.794. The average molecular weight is 352 g/mol. The number of rotatable bonds is 4. The van der Waals surface area contributed by atoms with Crippen LogP contribution in [0.5, 0.6) is 11.5 Å². The Bertz CT molecular complexity index is 704. The molecule has 1 aliphatic carbocycles. The van der Waals surface area contributed by atoms with Crippen molar-refractivity contribution in [2.75, 3.05) is 0 Å². The lowest BCUT2D eigenvalue weighted by Gasteiger charge is -2.37. The molecule has 3 rings (SSSR count). The second kappa shape index (κ2) is 7.08. The zero-order valence-electron chi connectivity index (χ0n) is 15.1. The van der Waals surface area contributed by atoms with Gasteiger partial charge in [-0.3, -0.25) is 0 Å². The summed E-state index contributed by atoms with van der Waals surface area (Å²) < 4.78 is 6.21. The standard InChI is InChI=1S/C20H26O4.H2O.2H2/c1-5-6-12-9-14-17(18(21)15(12)20(22)23)16-13(10(2)3)8-7-11(4)19(16)24-14;;;/h9,11,13,16,19,21H,2,5-8H2,1,3-4H3,(H,22,23);1H2;2*1H/t11-,13+,16?,19?;;;/m1.../s1. The lowest BCUT2D eigenvalue weighted by molar-refractivity contribution is 0.0692. The highest BCUT2D eigenvalue weighted by atomic mass is 16.5. The molecule has 25 heavy (non-hydrogen) atoms. The van der Waals surface area contributed by atoms with Crippen LogP contribution in [-0.2, 0) is 6.42 Å². The van der Waals surface area contributed by atoms with Gasteiger partial charge in [0.05, 0.1) is 0 Å². The van der Waals surface area contributed by atoms with Crippen LogP contribution in [0.25, 0.3) is 0 Å². The Morgan fingerprint density at radius 2 is 2.12 bits per heavy atom. The van der Waals surface area contributed by atoms with Gasteiger partial charge in [-0.1, -0.05) is 32.4 Å². The van der Waals surface area contributed by atoms with Crippen molar-refractivity contribution in [3.05, 3.63) is 34.9 Å². The summed E-state index contributed by atoms with van der Waals surface area (Å²) >= 11 is 0. The van der Waals surface area contributed by atoms with Crippen molar-refractivity contribution in [2.24, 2.45) is 11.8 Å². The van der Waals surface area contributed by atoms with Crippen LogP contribution in [0.2, 0.25) is 0 Å². The van der Waals surface area contributed by atoms with Gasteiger partial charge in [-0.05, 0) is 49.7 Å². The van der Waals surface area contributed by atoms with Crippen molar-refractivity contribution in [3.63, 3.8) is 0 Å². The van der Waals surface area contributed by atoms with Gasteiger partial charge in [0.2, 0.25) is 0 Å². The summed E-state index contributed by atoms with van der Waals surface area (Å²) in [5.41, 5.74) is 2.44. The fourth-order valence-corrected chi connectivity index (χ4v) is 4.46. The largest absolute Gasteiger partial charge is 0.507 e. The second-order valence-corrected chi connectivity index (χ2v) is 7.34. The van der Waals surface area contributed by atoms with Crippen LogP contribution in [0.15, 0.2) is 18.2 Å². The zero-order chi connectivity index (χ0) is 17.6. The summed E-state index contributed by atoms with van der Waals surface area (Å²) in [6.07, 6.45) is 3.47. The van der Waals surface area contributed by atoms with E-state index < -0.39 is 5.97 Å². The molecule has 0 aromatic heterocycles. The van der Waals surface area contributed by atoms with Gasteiger partial charge < -0.3 is 20.4 Å². The molecule has 0 amide bonds. The summed E-state index contributed by atoms with van der Waals surface area (Å²) in [5, 5.41) is 20.4. The summed E-state index contributed by atoms with van der Waals surface area (Å²) in [6.45, 7) is 10.3. The van der Waals surface area contributed by atoms with Crippen molar-refractivity contribution in [3.8, 4) is 11.5 Å². The number of aromatic hydroxyl groups is 1. The molecule has 1 heterocycles. The van der Waals surface area contributed by atoms with Crippen LogP contribution in [0.3, 0.4) is 0 Å². The minimum atomic E-state index is -1.07. The first-order chi connectivity index (χ1) is 11.4. The van der Waals surface area contributed by atoms with E-state index in [4.69, 9.17) is 4.74 Å². The lowest BCUT2D eigenvalue weighted by atomic mass is 9.68. The Hall–Kier alpha value is -2.01. The van der Waals surface area contributed by atoms with Crippen LogP contribution >= 0.6 is 0 Å². The Balaban J connectivity index is 0.00000225. The van der Waals surface area contributed by atoms with E-state index in [0.29, 0.717) is 29.2 Å². The van der Waals surface area contributed by atoms with Gasteiger partial charge >= 0.3 is 5.97 Å². The van der Waals surface area contributed by atoms with Gasteiger partial charge in [0.15, 0.2) is 0 Å². The third-order valence-electron chi connectivity index (χ3n) is 5.63. The summed E-state index contributed by atoms with van der Waals surface area (Å²) in [6, 6.07) is 1.84. The van der Waals surface area contributed by atoms with E-state index in [0.717, 1.165) is 24.8 Å². The highest BCUT2D eigenvalue weighted by molar-refractivity contribution is 5.94. The van der Waals surface area contributed by atoms with Gasteiger partial charge in [-0.15, -0.1) is 0 Å². The molecule has 1 aliphatic heterocycles. The van der Waals surface area contributed by atoms with Gasteiger partial charge in [-0.2, -0.15) is 0 Å².